The summed E-state index contributed by atoms with van der Waals surface area (Å²) in [7, 11) is 0. The van der Waals surface area contributed by atoms with Crippen LogP contribution in [-0.2, 0) is 19.1 Å². The van der Waals surface area contributed by atoms with Crippen molar-refractivity contribution in [2.75, 3.05) is 43.5 Å². The molecule has 1 aromatic carbocycles. The molecule has 7 nitrogen and oxygen atoms in total. The summed E-state index contributed by atoms with van der Waals surface area (Å²) >= 11 is 1.49. The van der Waals surface area contributed by atoms with Gasteiger partial charge in [0, 0.05) is 32.1 Å². The predicted octanol–water partition coefficient (Wildman–Crippen LogP) is 2.28. The van der Waals surface area contributed by atoms with E-state index in [-0.39, 0.29) is 18.4 Å². The van der Waals surface area contributed by atoms with Crippen LogP contribution in [0.1, 0.15) is 12.8 Å². The van der Waals surface area contributed by atoms with Crippen molar-refractivity contribution in [2.24, 2.45) is 0 Å². The van der Waals surface area contributed by atoms with Crippen LogP contribution in [0.15, 0.2) is 47.6 Å². The lowest BCUT2D eigenvalue weighted by atomic mass is 10.0. The van der Waals surface area contributed by atoms with Gasteiger partial charge in [-0.2, -0.15) is 0 Å². The molecule has 0 bridgehead atoms. The summed E-state index contributed by atoms with van der Waals surface area (Å²) in [4.78, 5) is 29.5. The number of fused-ring (bicyclic) bond motifs is 3. The van der Waals surface area contributed by atoms with Gasteiger partial charge in [0.15, 0.2) is 5.79 Å². The Balaban J connectivity index is 1.37. The third kappa shape index (κ3) is 3.45. The van der Waals surface area contributed by atoms with E-state index in [1.165, 1.54) is 11.8 Å². The molecule has 1 spiro atoms. The van der Waals surface area contributed by atoms with E-state index in [4.69, 9.17) is 9.47 Å². The number of anilines is 1. The monoisotopic (exact) mass is 413 g/mol. The highest BCUT2D eigenvalue weighted by Crippen LogP contribution is 2.34. The van der Waals surface area contributed by atoms with Crippen LogP contribution in [0.3, 0.4) is 0 Å². The number of hydrogen-bond acceptors (Lipinski definition) is 5. The minimum atomic E-state index is -0.513. The highest BCUT2D eigenvalue weighted by atomic mass is 32.2. The zero-order valence-electron chi connectivity index (χ0n) is 16.1. The normalized spacial score (nSPS) is 20.9. The van der Waals surface area contributed by atoms with Gasteiger partial charge in [0.1, 0.15) is 6.54 Å². The van der Waals surface area contributed by atoms with E-state index in [0.29, 0.717) is 44.9 Å². The Morgan fingerprint density at radius 2 is 1.76 bits per heavy atom. The fourth-order valence-electron chi connectivity index (χ4n) is 4.22. The van der Waals surface area contributed by atoms with E-state index < -0.39 is 5.79 Å². The molecule has 3 aliphatic rings. The standard InChI is InChI=1S/C21H23N3O4S/c25-18(22-10-7-21(8-11-22)27-12-13-28-21)14-24-17-5-2-1-4-16(17)23-9-3-6-20(23)29-15-19(24)26/h1-6,9H,7-8,10-15H2. The second-order valence-electron chi connectivity index (χ2n) is 7.46. The van der Waals surface area contributed by atoms with Gasteiger partial charge in [0.05, 0.1) is 35.4 Å². The Morgan fingerprint density at radius 1 is 1.03 bits per heavy atom. The zero-order valence-corrected chi connectivity index (χ0v) is 16.9. The summed E-state index contributed by atoms with van der Waals surface area (Å²) in [5.41, 5.74) is 1.67. The van der Waals surface area contributed by atoms with Crippen molar-refractivity contribution in [3.8, 4) is 5.69 Å². The van der Waals surface area contributed by atoms with Gasteiger partial charge in [-0.15, -0.1) is 0 Å². The van der Waals surface area contributed by atoms with Gasteiger partial charge in [0.25, 0.3) is 0 Å². The lowest BCUT2D eigenvalue weighted by Gasteiger charge is -2.38. The maximum atomic E-state index is 13.1. The summed E-state index contributed by atoms with van der Waals surface area (Å²) < 4.78 is 13.6. The quantitative estimate of drug-likeness (QED) is 0.756. The van der Waals surface area contributed by atoms with Crippen LogP contribution >= 0.6 is 11.8 Å². The van der Waals surface area contributed by atoms with E-state index in [2.05, 4.69) is 4.57 Å². The van der Waals surface area contributed by atoms with E-state index in [1.807, 2.05) is 47.5 Å². The summed E-state index contributed by atoms with van der Waals surface area (Å²) in [5, 5.41) is 1.02. The number of thioether (sulfide) groups is 1. The van der Waals surface area contributed by atoms with Crippen LogP contribution in [-0.4, -0.2) is 65.7 Å². The minimum absolute atomic E-state index is 0.0423. The molecule has 29 heavy (non-hydrogen) atoms. The molecule has 5 rings (SSSR count). The molecule has 8 heteroatoms. The van der Waals surface area contributed by atoms with Crippen molar-refractivity contribution in [1.29, 1.82) is 0 Å². The largest absolute Gasteiger partial charge is 0.347 e. The van der Waals surface area contributed by atoms with Gasteiger partial charge >= 0.3 is 0 Å². The van der Waals surface area contributed by atoms with Gasteiger partial charge in [-0.25, -0.2) is 0 Å². The minimum Gasteiger partial charge on any atom is -0.347 e. The summed E-state index contributed by atoms with van der Waals surface area (Å²) in [6, 6.07) is 11.7. The molecular weight excluding hydrogens is 390 g/mol. The number of likely N-dealkylation sites (tertiary alicyclic amines) is 1. The number of piperidine rings is 1. The van der Waals surface area contributed by atoms with Gasteiger partial charge in [0.2, 0.25) is 11.8 Å². The van der Waals surface area contributed by atoms with Crippen LogP contribution in [0.4, 0.5) is 5.69 Å². The molecule has 0 unspecified atom stereocenters. The first-order chi connectivity index (χ1) is 14.2. The maximum Gasteiger partial charge on any atom is 0.242 e. The Morgan fingerprint density at radius 3 is 2.52 bits per heavy atom. The fourth-order valence-corrected chi connectivity index (χ4v) is 5.12. The molecule has 0 aliphatic carbocycles. The molecule has 2 saturated heterocycles. The second kappa shape index (κ2) is 7.51. The van der Waals surface area contributed by atoms with E-state index in [1.54, 1.807) is 4.90 Å². The SMILES string of the molecule is O=C(CN1C(=O)CSc2cccn2-c2ccccc21)N1CCC2(CC1)OCCO2. The average molecular weight is 413 g/mol. The average Bonchev–Trinajstić information content (AvgIpc) is 3.39. The lowest BCUT2D eigenvalue weighted by Crippen LogP contribution is -2.51. The number of ether oxygens (including phenoxy) is 2. The Bertz CT molecular complexity index is 928. The van der Waals surface area contributed by atoms with Crippen LogP contribution in [0, 0.1) is 0 Å². The molecule has 0 atom stereocenters. The molecule has 0 saturated carbocycles. The van der Waals surface area contributed by atoms with Crippen LogP contribution in [0.5, 0.6) is 0 Å². The maximum absolute atomic E-state index is 13.1. The van der Waals surface area contributed by atoms with Crippen molar-refractivity contribution >= 4 is 29.3 Å². The van der Waals surface area contributed by atoms with Crippen molar-refractivity contribution in [2.45, 2.75) is 23.7 Å². The van der Waals surface area contributed by atoms with E-state index in [0.717, 1.165) is 16.4 Å². The van der Waals surface area contributed by atoms with Gasteiger partial charge in [-0.1, -0.05) is 23.9 Å². The third-order valence-corrected chi connectivity index (χ3v) is 6.79. The number of aromatic nitrogens is 1. The van der Waals surface area contributed by atoms with Gasteiger partial charge in [-0.3, -0.25) is 9.59 Å². The zero-order chi connectivity index (χ0) is 19.8. The van der Waals surface area contributed by atoms with Crippen LogP contribution in [0.2, 0.25) is 0 Å². The van der Waals surface area contributed by atoms with Crippen molar-refractivity contribution in [1.82, 2.24) is 9.47 Å². The molecular formula is C21H23N3O4S. The van der Waals surface area contributed by atoms with Crippen molar-refractivity contribution in [3.05, 3.63) is 42.6 Å². The molecule has 2 aromatic rings. The number of carbonyl (C=O) groups excluding carboxylic acids is 2. The molecule has 0 N–H and O–H groups in total. The smallest absolute Gasteiger partial charge is 0.242 e. The fraction of sp³-hybridized carbons (Fsp3) is 0.429. The molecule has 0 radical (unpaired) electrons. The molecule has 3 aliphatic heterocycles. The van der Waals surface area contributed by atoms with Crippen LogP contribution < -0.4 is 4.90 Å². The number of hydrogen-bond donors (Lipinski definition) is 0. The van der Waals surface area contributed by atoms with Crippen LogP contribution in [0.25, 0.3) is 5.69 Å². The first kappa shape index (κ1) is 18.7. The summed E-state index contributed by atoms with van der Waals surface area (Å²) in [6.45, 7) is 2.44. The van der Waals surface area contributed by atoms with E-state index >= 15 is 0 Å². The Labute approximate surface area is 173 Å². The molecule has 152 valence electrons. The Kier molecular flexibility index (Phi) is 4.85. The topological polar surface area (TPSA) is 64.0 Å². The summed E-state index contributed by atoms with van der Waals surface area (Å²) in [5.74, 6) is -0.309. The van der Waals surface area contributed by atoms with Gasteiger partial charge in [-0.05, 0) is 24.3 Å². The van der Waals surface area contributed by atoms with Crippen molar-refractivity contribution in [3.63, 3.8) is 0 Å². The van der Waals surface area contributed by atoms with E-state index in [9.17, 15) is 9.59 Å². The number of benzene rings is 1. The number of carbonyl (C=O) groups is 2. The Hall–Kier alpha value is -2.29. The number of nitrogens with zero attached hydrogens (tertiary/aromatic N) is 3. The lowest BCUT2D eigenvalue weighted by molar-refractivity contribution is -0.187. The molecule has 4 heterocycles. The highest BCUT2D eigenvalue weighted by molar-refractivity contribution is 7.99. The second-order valence-corrected chi connectivity index (χ2v) is 8.46. The molecule has 1 aromatic heterocycles. The predicted molar refractivity (Wildman–Crippen MR) is 109 cm³/mol. The highest BCUT2D eigenvalue weighted by Gasteiger charge is 2.41. The first-order valence-corrected chi connectivity index (χ1v) is 10.9. The molecule has 2 amide bonds. The third-order valence-electron chi connectivity index (χ3n) is 5.77. The number of para-hydroxylation sites is 2. The number of rotatable bonds is 2. The number of amides is 2. The first-order valence-electron chi connectivity index (χ1n) is 9.91. The summed E-state index contributed by atoms with van der Waals surface area (Å²) in [6.07, 6.45) is 3.33. The molecule has 2 fully saturated rings. The van der Waals surface area contributed by atoms with Gasteiger partial charge < -0.3 is 23.8 Å². The van der Waals surface area contributed by atoms with Crippen molar-refractivity contribution < 1.29 is 19.1 Å².